The number of fused-ring (bicyclic) bond motifs is 1. The molecule has 0 saturated carbocycles. The van der Waals surface area contributed by atoms with E-state index in [2.05, 4.69) is 20.1 Å². The molecule has 2 aromatic rings. The minimum atomic E-state index is 0.450. The van der Waals surface area contributed by atoms with Crippen molar-refractivity contribution in [2.75, 3.05) is 13.1 Å². The molecule has 3 heterocycles. The standard InChI is InChI=1S/C10H11ClN4/c11-9-3-8-1-2-15(10(8)14-13-9)6-7-4-12-5-7/h1-3,7,12H,4-6H2. The Morgan fingerprint density at radius 1 is 1.47 bits per heavy atom. The number of halogens is 1. The van der Waals surface area contributed by atoms with E-state index in [0.29, 0.717) is 5.15 Å². The second kappa shape index (κ2) is 3.47. The van der Waals surface area contributed by atoms with E-state index in [1.54, 1.807) is 0 Å². The predicted octanol–water partition coefficient (Wildman–Crippen LogP) is 1.30. The van der Waals surface area contributed by atoms with Crippen molar-refractivity contribution in [3.8, 4) is 0 Å². The molecule has 0 radical (unpaired) electrons. The fourth-order valence-electron chi connectivity index (χ4n) is 1.86. The molecule has 0 aromatic carbocycles. The van der Waals surface area contributed by atoms with Gasteiger partial charge in [-0.05, 0) is 12.1 Å². The van der Waals surface area contributed by atoms with Crippen molar-refractivity contribution < 1.29 is 0 Å². The molecule has 1 N–H and O–H groups in total. The van der Waals surface area contributed by atoms with E-state index in [1.807, 2.05) is 18.3 Å². The van der Waals surface area contributed by atoms with Crippen molar-refractivity contribution in [2.24, 2.45) is 5.92 Å². The third-order valence-electron chi connectivity index (χ3n) is 2.80. The molecule has 0 spiro atoms. The van der Waals surface area contributed by atoms with Crippen LogP contribution in [0.5, 0.6) is 0 Å². The lowest BCUT2D eigenvalue weighted by molar-refractivity contribution is 0.309. The van der Waals surface area contributed by atoms with Crippen LogP contribution in [0.2, 0.25) is 5.15 Å². The van der Waals surface area contributed by atoms with Crippen molar-refractivity contribution in [2.45, 2.75) is 6.54 Å². The highest BCUT2D eigenvalue weighted by Gasteiger charge is 2.18. The molecule has 1 saturated heterocycles. The summed E-state index contributed by atoms with van der Waals surface area (Å²) in [7, 11) is 0. The van der Waals surface area contributed by atoms with Crippen molar-refractivity contribution in [3.05, 3.63) is 23.5 Å². The summed E-state index contributed by atoms with van der Waals surface area (Å²) in [4.78, 5) is 0. The lowest BCUT2D eigenvalue weighted by atomic mass is 10.0. The molecule has 1 fully saturated rings. The maximum atomic E-state index is 5.78. The van der Waals surface area contributed by atoms with Gasteiger partial charge in [-0.3, -0.25) is 0 Å². The molecule has 0 bridgehead atoms. The number of hydrogen-bond donors (Lipinski definition) is 1. The van der Waals surface area contributed by atoms with E-state index < -0.39 is 0 Å². The molecule has 0 amide bonds. The number of hydrogen-bond acceptors (Lipinski definition) is 3. The summed E-state index contributed by atoms with van der Waals surface area (Å²) >= 11 is 5.78. The van der Waals surface area contributed by atoms with Gasteiger partial charge in [-0.2, -0.15) is 0 Å². The average Bonchev–Trinajstić information content (AvgIpc) is 2.54. The van der Waals surface area contributed by atoms with Gasteiger partial charge in [0.25, 0.3) is 0 Å². The molecule has 15 heavy (non-hydrogen) atoms. The Balaban J connectivity index is 1.96. The summed E-state index contributed by atoms with van der Waals surface area (Å²) in [6.45, 7) is 3.20. The monoisotopic (exact) mass is 222 g/mol. The largest absolute Gasteiger partial charge is 0.331 e. The van der Waals surface area contributed by atoms with Gasteiger partial charge in [0.05, 0.1) is 0 Å². The summed E-state index contributed by atoms with van der Waals surface area (Å²) in [5.41, 5.74) is 0.923. The van der Waals surface area contributed by atoms with Gasteiger partial charge in [0, 0.05) is 37.1 Å². The zero-order valence-corrected chi connectivity index (χ0v) is 8.91. The number of nitrogens with zero attached hydrogens (tertiary/aromatic N) is 3. The van der Waals surface area contributed by atoms with Crippen LogP contribution in [0.4, 0.5) is 0 Å². The molecular weight excluding hydrogens is 212 g/mol. The molecule has 78 valence electrons. The van der Waals surface area contributed by atoms with Crippen LogP contribution in [0.1, 0.15) is 0 Å². The van der Waals surface area contributed by atoms with E-state index in [1.165, 1.54) is 0 Å². The van der Waals surface area contributed by atoms with Gasteiger partial charge in [0.15, 0.2) is 10.8 Å². The fourth-order valence-corrected chi connectivity index (χ4v) is 2.02. The summed E-state index contributed by atoms with van der Waals surface area (Å²) in [5.74, 6) is 0.720. The van der Waals surface area contributed by atoms with Gasteiger partial charge < -0.3 is 9.88 Å². The van der Waals surface area contributed by atoms with Crippen LogP contribution in [0.3, 0.4) is 0 Å². The van der Waals surface area contributed by atoms with Gasteiger partial charge in [0.1, 0.15) is 0 Å². The van der Waals surface area contributed by atoms with Gasteiger partial charge in [-0.1, -0.05) is 11.6 Å². The first kappa shape index (κ1) is 9.12. The van der Waals surface area contributed by atoms with Gasteiger partial charge >= 0.3 is 0 Å². The third kappa shape index (κ3) is 1.60. The Kier molecular flexibility index (Phi) is 2.11. The van der Waals surface area contributed by atoms with Gasteiger partial charge in [0.2, 0.25) is 0 Å². The molecule has 2 aromatic heterocycles. The first-order valence-corrected chi connectivity index (χ1v) is 5.39. The van der Waals surface area contributed by atoms with Gasteiger partial charge in [-0.25, -0.2) is 0 Å². The van der Waals surface area contributed by atoms with Crippen molar-refractivity contribution in [1.82, 2.24) is 20.1 Å². The molecule has 0 unspecified atom stereocenters. The lowest BCUT2D eigenvalue weighted by Crippen LogP contribution is -2.44. The number of rotatable bonds is 2. The van der Waals surface area contributed by atoms with Crippen molar-refractivity contribution >= 4 is 22.6 Å². The normalized spacial score (nSPS) is 16.9. The van der Waals surface area contributed by atoms with E-state index in [9.17, 15) is 0 Å². The Bertz CT molecular complexity index is 489. The average molecular weight is 223 g/mol. The first-order chi connectivity index (χ1) is 7.33. The zero-order valence-electron chi connectivity index (χ0n) is 8.15. The smallest absolute Gasteiger partial charge is 0.162 e. The number of nitrogens with one attached hydrogen (secondary N) is 1. The second-order valence-electron chi connectivity index (χ2n) is 3.94. The highest BCUT2D eigenvalue weighted by atomic mass is 35.5. The topological polar surface area (TPSA) is 42.7 Å². The lowest BCUT2D eigenvalue weighted by Gasteiger charge is -2.27. The third-order valence-corrected chi connectivity index (χ3v) is 2.98. The highest BCUT2D eigenvalue weighted by Crippen LogP contribution is 2.17. The van der Waals surface area contributed by atoms with Gasteiger partial charge in [-0.15, -0.1) is 10.2 Å². The van der Waals surface area contributed by atoms with E-state index in [0.717, 1.165) is 36.6 Å². The highest BCUT2D eigenvalue weighted by molar-refractivity contribution is 6.29. The molecule has 0 atom stereocenters. The molecule has 1 aliphatic heterocycles. The summed E-state index contributed by atoms with van der Waals surface area (Å²) in [6.07, 6.45) is 2.05. The Labute approximate surface area is 92.2 Å². The van der Waals surface area contributed by atoms with Crippen LogP contribution in [0.15, 0.2) is 18.3 Å². The Hall–Kier alpha value is -1.13. The quantitative estimate of drug-likeness (QED) is 0.833. The van der Waals surface area contributed by atoms with Crippen LogP contribution in [0.25, 0.3) is 11.0 Å². The SMILES string of the molecule is Clc1cc2ccn(CC3CNC3)c2nn1. The Morgan fingerprint density at radius 3 is 3.07 bits per heavy atom. The Morgan fingerprint density at radius 2 is 2.33 bits per heavy atom. The fraction of sp³-hybridized carbons (Fsp3) is 0.400. The maximum Gasteiger partial charge on any atom is 0.162 e. The first-order valence-electron chi connectivity index (χ1n) is 5.02. The summed E-state index contributed by atoms with van der Waals surface area (Å²) in [5, 5.41) is 12.8. The maximum absolute atomic E-state index is 5.78. The van der Waals surface area contributed by atoms with E-state index >= 15 is 0 Å². The summed E-state index contributed by atoms with van der Waals surface area (Å²) < 4.78 is 2.14. The van der Waals surface area contributed by atoms with Crippen LogP contribution in [0, 0.1) is 5.92 Å². The van der Waals surface area contributed by atoms with Crippen molar-refractivity contribution in [3.63, 3.8) is 0 Å². The van der Waals surface area contributed by atoms with Crippen LogP contribution in [-0.4, -0.2) is 27.9 Å². The molecule has 4 nitrogen and oxygen atoms in total. The van der Waals surface area contributed by atoms with Crippen molar-refractivity contribution in [1.29, 1.82) is 0 Å². The minimum Gasteiger partial charge on any atom is -0.331 e. The predicted molar refractivity (Wildman–Crippen MR) is 58.9 cm³/mol. The molecule has 0 aliphatic carbocycles. The van der Waals surface area contributed by atoms with E-state index in [4.69, 9.17) is 11.6 Å². The second-order valence-corrected chi connectivity index (χ2v) is 4.33. The number of aromatic nitrogens is 3. The zero-order chi connectivity index (χ0) is 10.3. The molecule has 5 heteroatoms. The molecular formula is C10H11ClN4. The van der Waals surface area contributed by atoms with E-state index in [-0.39, 0.29) is 0 Å². The summed E-state index contributed by atoms with van der Waals surface area (Å²) in [6, 6.07) is 3.88. The van der Waals surface area contributed by atoms with Crippen LogP contribution >= 0.6 is 11.6 Å². The molecule has 3 rings (SSSR count). The molecule has 1 aliphatic rings. The van der Waals surface area contributed by atoms with Crippen LogP contribution in [-0.2, 0) is 6.54 Å². The minimum absolute atomic E-state index is 0.450. The van der Waals surface area contributed by atoms with Crippen LogP contribution < -0.4 is 5.32 Å².